The maximum atomic E-state index is 11.6. The second-order valence-electron chi connectivity index (χ2n) is 3.53. The lowest BCUT2D eigenvalue weighted by atomic mass is 10.0. The van der Waals surface area contributed by atoms with Crippen molar-refractivity contribution in [2.45, 2.75) is 34.6 Å². The Labute approximate surface area is 105 Å². The summed E-state index contributed by atoms with van der Waals surface area (Å²) in [5.74, 6) is 0.700. The highest BCUT2D eigenvalue weighted by atomic mass is 16.2. The molecule has 0 atom stereocenters. The lowest BCUT2D eigenvalue weighted by Crippen LogP contribution is -2.48. The molecule has 1 fully saturated rings. The highest BCUT2D eigenvalue weighted by Crippen LogP contribution is 2.16. The van der Waals surface area contributed by atoms with Gasteiger partial charge >= 0.3 is 0 Å². The minimum atomic E-state index is 0.0544. The number of aromatic nitrogens is 1. The first-order valence-electron chi connectivity index (χ1n) is 6.47. The van der Waals surface area contributed by atoms with Crippen molar-refractivity contribution in [3.63, 3.8) is 0 Å². The quantitative estimate of drug-likeness (QED) is 0.750. The molecular weight excluding hydrogens is 212 g/mol. The van der Waals surface area contributed by atoms with Crippen molar-refractivity contribution >= 4 is 5.91 Å². The number of pyridine rings is 1. The number of likely N-dealkylation sites (tertiary alicyclic amines) is 1. The van der Waals surface area contributed by atoms with Gasteiger partial charge < -0.3 is 4.90 Å². The molecule has 0 saturated carbocycles. The Hall–Kier alpha value is -1.38. The van der Waals surface area contributed by atoms with E-state index in [2.05, 4.69) is 11.9 Å². The molecule has 0 spiro atoms. The number of hydrogen-bond acceptors (Lipinski definition) is 2. The molecule has 1 amide bonds. The van der Waals surface area contributed by atoms with Crippen molar-refractivity contribution in [3.8, 4) is 0 Å². The molecule has 2 rings (SSSR count). The van der Waals surface area contributed by atoms with E-state index in [9.17, 15) is 4.79 Å². The largest absolute Gasteiger partial charge is 0.337 e. The zero-order chi connectivity index (χ0) is 13.3. The van der Waals surface area contributed by atoms with Crippen molar-refractivity contribution < 1.29 is 4.79 Å². The standard InChI is InChI=1S/C10H12N2O.2C2H6/c1-8-6-12(7-8)10(13)9-4-2-3-5-11-9;2*1-2/h2-5,8H,6-7H2,1H3;2*1-2H3. The fraction of sp³-hybridized carbons (Fsp3) is 0.571. The smallest absolute Gasteiger partial charge is 0.272 e. The summed E-state index contributed by atoms with van der Waals surface area (Å²) in [6.07, 6.45) is 1.65. The minimum Gasteiger partial charge on any atom is -0.337 e. The molecule has 17 heavy (non-hydrogen) atoms. The first kappa shape index (κ1) is 15.6. The Bertz CT molecular complexity index is 305. The predicted molar refractivity (Wildman–Crippen MR) is 72.0 cm³/mol. The second-order valence-corrected chi connectivity index (χ2v) is 3.53. The van der Waals surface area contributed by atoms with E-state index in [1.165, 1.54) is 0 Å². The normalized spacial score (nSPS) is 13.6. The lowest BCUT2D eigenvalue weighted by molar-refractivity contribution is 0.0524. The van der Waals surface area contributed by atoms with E-state index in [0.717, 1.165) is 13.1 Å². The molecule has 1 aromatic heterocycles. The first-order chi connectivity index (χ1) is 8.27. The number of amides is 1. The van der Waals surface area contributed by atoms with E-state index in [1.807, 2.05) is 44.7 Å². The zero-order valence-corrected chi connectivity index (χ0v) is 11.6. The van der Waals surface area contributed by atoms with Gasteiger partial charge in [-0.1, -0.05) is 40.7 Å². The Morgan fingerprint density at radius 3 is 2.24 bits per heavy atom. The summed E-state index contributed by atoms with van der Waals surface area (Å²) in [5.41, 5.74) is 0.550. The number of carbonyl (C=O) groups is 1. The molecule has 1 saturated heterocycles. The van der Waals surface area contributed by atoms with Crippen LogP contribution in [0.4, 0.5) is 0 Å². The number of rotatable bonds is 1. The van der Waals surface area contributed by atoms with Gasteiger partial charge in [0.2, 0.25) is 0 Å². The summed E-state index contributed by atoms with van der Waals surface area (Å²) in [6.45, 7) is 11.9. The Morgan fingerprint density at radius 2 is 1.82 bits per heavy atom. The summed E-state index contributed by atoms with van der Waals surface area (Å²) in [6, 6.07) is 5.41. The third kappa shape index (κ3) is 4.55. The Balaban J connectivity index is 0.000000581. The van der Waals surface area contributed by atoms with Gasteiger partial charge in [0.1, 0.15) is 5.69 Å². The lowest BCUT2D eigenvalue weighted by Gasteiger charge is -2.36. The van der Waals surface area contributed by atoms with Gasteiger partial charge in [-0.25, -0.2) is 0 Å². The van der Waals surface area contributed by atoms with Crippen molar-refractivity contribution in [1.82, 2.24) is 9.88 Å². The monoisotopic (exact) mass is 236 g/mol. The van der Waals surface area contributed by atoms with Crippen LogP contribution in [0.15, 0.2) is 24.4 Å². The van der Waals surface area contributed by atoms with E-state index in [1.54, 1.807) is 12.3 Å². The van der Waals surface area contributed by atoms with E-state index in [4.69, 9.17) is 0 Å². The SMILES string of the molecule is CC.CC.CC1CN(C(=O)c2ccccn2)C1. The molecule has 3 nitrogen and oxygen atoms in total. The molecular formula is C14H24N2O. The van der Waals surface area contributed by atoms with Crippen LogP contribution >= 0.6 is 0 Å². The van der Waals surface area contributed by atoms with Crippen molar-refractivity contribution in [3.05, 3.63) is 30.1 Å². The van der Waals surface area contributed by atoms with Crippen LogP contribution in [0, 0.1) is 5.92 Å². The van der Waals surface area contributed by atoms with Crippen LogP contribution in [-0.2, 0) is 0 Å². The molecule has 1 aromatic rings. The molecule has 2 heterocycles. The van der Waals surface area contributed by atoms with E-state index >= 15 is 0 Å². The van der Waals surface area contributed by atoms with Crippen LogP contribution in [0.5, 0.6) is 0 Å². The summed E-state index contributed by atoms with van der Waals surface area (Å²) in [4.78, 5) is 17.5. The van der Waals surface area contributed by atoms with Crippen LogP contribution < -0.4 is 0 Å². The molecule has 0 radical (unpaired) electrons. The van der Waals surface area contributed by atoms with Crippen LogP contribution in [0.2, 0.25) is 0 Å². The van der Waals surface area contributed by atoms with Crippen LogP contribution in [-0.4, -0.2) is 28.9 Å². The van der Waals surface area contributed by atoms with E-state index in [0.29, 0.717) is 11.6 Å². The maximum absolute atomic E-state index is 11.6. The predicted octanol–water partition coefficient (Wildman–Crippen LogP) is 3.23. The number of hydrogen-bond donors (Lipinski definition) is 0. The van der Waals surface area contributed by atoms with Gasteiger partial charge in [-0.3, -0.25) is 9.78 Å². The van der Waals surface area contributed by atoms with E-state index < -0.39 is 0 Å². The average Bonchev–Trinajstić information content (AvgIpc) is 2.40. The van der Waals surface area contributed by atoms with Gasteiger partial charge in [-0.2, -0.15) is 0 Å². The van der Waals surface area contributed by atoms with Gasteiger partial charge in [0.25, 0.3) is 5.91 Å². The average molecular weight is 236 g/mol. The first-order valence-corrected chi connectivity index (χ1v) is 6.47. The van der Waals surface area contributed by atoms with Crippen LogP contribution in [0.1, 0.15) is 45.1 Å². The summed E-state index contributed by atoms with van der Waals surface area (Å²) in [7, 11) is 0. The molecule has 96 valence electrons. The molecule has 0 unspecified atom stereocenters. The number of nitrogens with zero attached hydrogens (tertiary/aromatic N) is 2. The van der Waals surface area contributed by atoms with Gasteiger partial charge in [-0.05, 0) is 18.1 Å². The fourth-order valence-corrected chi connectivity index (χ4v) is 1.52. The zero-order valence-electron chi connectivity index (χ0n) is 11.6. The summed E-state index contributed by atoms with van der Waals surface area (Å²) in [5, 5.41) is 0. The number of carbonyl (C=O) groups excluding carboxylic acids is 1. The third-order valence-corrected chi connectivity index (χ3v) is 2.24. The highest BCUT2D eigenvalue weighted by Gasteiger charge is 2.28. The molecule has 1 aliphatic heterocycles. The minimum absolute atomic E-state index is 0.0544. The topological polar surface area (TPSA) is 33.2 Å². The van der Waals surface area contributed by atoms with Crippen molar-refractivity contribution in [1.29, 1.82) is 0 Å². The second kappa shape index (κ2) is 8.74. The van der Waals surface area contributed by atoms with Gasteiger partial charge in [-0.15, -0.1) is 0 Å². The third-order valence-electron chi connectivity index (χ3n) is 2.24. The van der Waals surface area contributed by atoms with Gasteiger partial charge in [0.05, 0.1) is 0 Å². The molecule has 0 aliphatic carbocycles. The van der Waals surface area contributed by atoms with Crippen LogP contribution in [0.3, 0.4) is 0 Å². The Morgan fingerprint density at radius 1 is 1.24 bits per heavy atom. The molecule has 0 N–H and O–H groups in total. The van der Waals surface area contributed by atoms with Gasteiger partial charge in [0, 0.05) is 19.3 Å². The highest BCUT2D eigenvalue weighted by molar-refractivity contribution is 5.92. The van der Waals surface area contributed by atoms with Crippen LogP contribution in [0.25, 0.3) is 0 Å². The summed E-state index contributed by atoms with van der Waals surface area (Å²) < 4.78 is 0. The fourth-order valence-electron chi connectivity index (χ4n) is 1.52. The van der Waals surface area contributed by atoms with Crippen molar-refractivity contribution in [2.24, 2.45) is 5.92 Å². The molecule has 1 aliphatic rings. The molecule has 0 aromatic carbocycles. The van der Waals surface area contributed by atoms with Gasteiger partial charge in [0.15, 0.2) is 0 Å². The van der Waals surface area contributed by atoms with E-state index in [-0.39, 0.29) is 5.91 Å². The Kier molecular flexibility index (Phi) is 8.03. The summed E-state index contributed by atoms with van der Waals surface area (Å²) >= 11 is 0. The molecule has 3 heteroatoms. The maximum Gasteiger partial charge on any atom is 0.272 e. The molecule has 0 bridgehead atoms. The van der Waals surface area contributed by atoms with Crippen molar-refractivity contribution in [2.75, 3.05) is 13.1 Å².